The SMILES string of the molecule is CNCCNCc1c[nH]c2cc(C=O)ccc12. The summed E-state index contributed by atoms with van der Waals surface area (Å²) in [7, 11) is 1.94. The molecule has 0 amide bonds. The molecular weight excluding hydrogens is 214 g/mol. The maximum Gasteiger partial charge on any atom is 0.150 e. The van der Waals surface area contributed by atoms with Crippen LogP contribution in [0.25, 0.3) is 10.9 Å². The second-order valence-electron chi connectivity index (χ2n) is 4.02. The number of hydrogen-bond donors (Lipinski definition) is 3. The van der Waals surface area contributed by atoms with E-state index < -0.39 is 0 Å². The first kappa shape index (κ1) is 11.8. The molecule has 0 saturated heterocycles. The summed E-state index contributed by atoms with van der Waals surface area (Å²) in [5, 5.41) is 7.62. The van der Waals surface area contributed by atoms with Crippen molar-refractivity contribution < 1.29 is 4.79 Å². The number of aldehydes is 1. The number of aromatic amines is 1. The standard InChI is InChI=1S/C13H17N3O/c1-14-4-5-15-7-11-8-16-13-6-10(9-17)2-3-12(11)13/h2-3,6,8-9,14-16H,4-5,7H2,1H3. The summed E-state index contributed by atoms with van der Waals surface area (Å²) in [4.78, 5) is 13.9. The molecule has 0 unspecified atom stereocenters. The maximum absolute atomic E-state index is 10.7. The molecule has 0 radical (unpaired) electrons. The van der Waals surface area contributed by atoms with Crippen LogP contribution in [-0.2, 0) is 6.54 Å². The van der Waals surface area contributed by atoms with Gasteiger partial charge in [-0.15, -0.1) is 0 Å². The summed E-state index contributed by atoms with van der Waals surface area (Å²) in [6.07, 6.45) is 2.86. The van der Waals surface area contributed by atoms with Crippen LogP contribution in [0.2, 0.25) is 0 Å². The molecule has 4 nitrogen and oxygen atoms in total. The van der Waals surface area contributed by atoms with E-state index in [0.717, 1.165) is 31.4 Å². The van der Waals surface area contributed by atoms with Gasteiger partial charge in [0.2, 0.25) is 0 Å². The number of benzene rings is 1. The number of nitrogens with one attached hydrogen (secondary N) is 3. The monoisotopic (exact) mass is 231 g/mol. The molecular formula is C13H17N3O. The summed E-state index contributed by atoms with van der Waals surface area (Å²) in [6, 6.07) is 5.71. The Hall–Kier alpha value is -1.65. The number of carbonyl (C=O) groups is 1. The van der Waals surface area contributed by atoms with Crippen LogP contribution >= 0.6 is 0 Å². The molecule has 4 heteroatoms. The molecule has 2 aromatic rings. The van der Waals surface area contributed by atoms with Crippen molar-refractivity contribution in [2.75, 3.05) is 20.1 Å². The van der Waals surface area contributed by atoms with E-state index in [4.69, 9.17) is 0 Å². The lowest BCUT2D eigenvalue weighted by Gasteiger charge is -2.03. The molecule has 3 N–H and O–H groups in total. The van der Waals surface area contributed by atoms with Crippen LogP contribution in [0.5, 0.6) is 0 Å². The van der Waals surface area contributed by atoms with Crippen molar-refractivity contribution in [3.63, 3.8) is 0 Å². The average molecular weight is 231 g/mol. The molecule has 0 aliphatic carbocycles. The predicted octanol–water partition coefficient (Wildman–Crippen LogP) is 1.29. The van der Waals surface area contributed by atoms with E-state index >= 15 is 0 Å². The van der Waals surface area contributed by atoms with E-state index in [-0.39, 0.29) is 0 Å². The molecule has 0 fully saturated rings. The molecule has 0 atom stereocenters. The van der Waals surface area contributed by atoms with Gasteiger partial charge in [0.1, 0.15) is 6.29 Å². The molecule has 1 aromatic heterocycles. The Morgan fingerprint density at radius 2 is 2.24 bits per heavy atom. The molecule has 1 aromatic carbocycles. The third-order valence-corrected chi connectivity index (χ3v) is 2.79. The highest BCUT2D eigenvalue weighted by atomic mass is 16.1. The number of H-pyrrole nitrogens is 1. The first-order valence-electron chi connectivity index (χ1n) is 5.75. The normalized spacial score (nSPS) is 10.9. The Bertz CT molecular complexity index is 504. The third-order valence-electron chi connectivity index (χ3n) is 2.79. The largest absolute Gasteiger partial charge is 0.361 e. The Labute approximate surface area is 100 Å². The fourth-order valence-electron chi connectivity index (χ4n) is 1.86. The first-order chi connectivity index (χ1) is 8.35. The number of aromatic nitrogens is 1. The smallest absolute Gasteiger partial charge is 0.150 e. The van der Waals surface area contributed by atoms with Gasteiger partial charge in [0.05, 0.1) is 0 Å². The van der Waals surface area contributed by atoms with E-state index in [0.29, 0.717) is 5.56 Å². The fraction of sp³-hybridized carbons (Fsp3) is 0.308. The summed E-state index contributed by atoms with van der Waals surface area (Å²) >= 11 is 0. The zero-order chi connectivity index (χ0) is 12.1. The van der Waals surface area contributed by atoms with Gasteiger partial charge in [-0.1, -0.05) is 12.1 Å². The number of hydrogen-bond acceptors (Lipinski definition) is 3. The van der Waals surface area contributed by atoms with Crippen LogP contribution < -0.4 is 10.6 Å². The fourth-order valence-corrected chi connectivity index (χ4v) is 1.86. The summed E-state index contributed by atoms with van der Waals surface area (Å²) in [5.74, 6) is 0. The van der Waals surface area contributed by atoms with Gasteiger partial charge in [0.25, 0.3) is 0 Å². The van der Waals surface area contributed by atoms with Crippen LogP contribution in [0.1, 0.15) is 15.9 Å². The molecule has 0 saturated carbocycles. The minimum atomic E-state index is 0.703. The van der Waals surface area contributed by atoms with E-state index in [1.54, 1.807) is 0 Å². The van der Waals surface area contributed by atoms with Gasteiger partial charge in [0.15, 0.2) is 0 Å². The van der Waals surface area contributed by atoms with Crippen molar-refractivity contribution in [2.24, 2.45) is 0 Å². The van der Waals surface area contributed by atoms with Crippen molar-refractivity contribution in [3.05, 3.63) is 35.5 Å². The zero-order valence-electron chi connectivity index (χ0n) is 9.92. The van der Waals surface area contributed by atoms with E-state index in [1.165, 1.54) is 10.9 Å². The molecule has 0 bridgehead atoms. The Morgan fingerprint density at radius 1 is 1.35 bits per heavy atom. The maximum atomic E-state index is 10.7. The van der Waals surface area contributed by atoms with Crippen LogP contribution in [0, 0.1) is 0 Å². The molecule has 2 rings (SSSR count). The van der Waals surface area contributed by atoms with Crippen molar-refractivity contribution in [1.29, 1.82) is 0 Å². The number of fused-ring (bicyclic) bond motifs is 1. The summed E-state index contributed by atoms with van der Waals surface area (Å²) < 4.78 is 0. The molecule has 17 heavy (non-hydrogen) atoms. The predicted molar refractivity (Wildman–Crippen MR) is 69.3 cm³/mol. The van der Waals surface area contributed by atoms with E-state index in [1.807, 2.05) is 31.4 Å². The van der Waals surface area contributed by atoms with Gasteiger partial charge < -0.3 is 15.6 Å². The number of rotatable bonds is 6. The van der Waals surface area contributed by atoms with Crippen LogP contribution in [0.3, 0.4) is 0 Å². The van der Waals surface area contributed by atoms with E-state index in [2.05, 4.69) is 15.6 Å². The topological polar surface area (TPSA) is 56.9 Å². The highest BCUT2D eigenvalue weighted by Crippen LogP contribution is 2.18. The van der Waals surface area contributed by atoms with Crippen molar-refractivity contribution in [1.82, 2.24) is 15.6 Å². The lowest BCUT2D eigenvalue weighted by Crippen LogP contribution is -2.24. The van der Waals surface area contributed by atoms with Crippen LogP contribution in [0.4, 0.5) is 0 Å². The van der Waals surface area contributed by atoms with Crippen molar-refractivity contribution in [2.45, 2.75) is 6.54 Å². The highest BCUT2D eigenvalue weighted by molar-refractivity contribution is 5.89. The van der Waals surface area contributed by atoms with Crippen LogP contribution in [0.15, 0.2) is 24.4 Å². The Kier molecular flexibility index (Phi) is 3.90. The zero-order valence-corrected chi connectivity index (χ0v) is 9.92. The lowest BCUT2D eigenvalue weighted by atomic mass is 10.1. The lowest BCUT2D eigenvalue weighted by molar-refractivity contribution is 0.112. The average Bonchev–Trinajstić information content (AvgIpc) is 2.77. The Balaban J connectivity index is 2.10. The molecule has 0 aliphatic heterocycles. The van der Waals surface area contributed by atoms with Gasteiger partial charge in [-0.3, -0.25) is 4.79 Å². The second kappa shape index (κ2) is 5.61. The molecule has 1 heterocycles. The van der Waals surface area contributed by atoms with Crippen LogP contribution in [-0.4, -0.2) is 31.4 Å². The van der Waals surface area contributed by atoms with Gasteiger partial charge in [-0.05, 0) is 18.7 Å². The van der Waals surface area contributed by atoms with E-state index in [9.17, 15) is 4.79 Å². The third kappa shape index (κ3) is 2.72. The first-order valence-corrected chi connectivity index (χ1v) is 5.75. The summed E-state index contributed by atoms with van der Waals surface area (Å²) in [6.45, 7) is 2.73. The number of carbonyl (C=O) groups excluding carboxylic acids is 1. The highest BCUT2D eigenvalue weighted by Gasteiger charge is 2.03. The molecule has 0 spiro atoms. The number of likely N-dealkylation sites (N-methyl/N-ethyl adjacent to an activating group) is 1. The van der Waals surface area contributed by atoms with Crippen molar-refractivity contribution >= 4 is 17.2 Å². The second-order valence-corrected chi connectivity index (χ2v) is 4.02. The van der Waals surface area contributed by atoms with Gasteiger partial charge >= 0.3 is 0 Å². The molecule has 90 valence electrons. The quantitative estimate of drug-likeness (QED) is 0.518. The van der Waals surface area contributed by atoms with Crippen molar-refractivity contribution in [3.8, 4) is 0 Å². The van der Waals surface area contributed by atoms with Gasteiger partial charge in [0, 0.05) is 42.3 Å². The van der Waals surface area contributed by atoms with Gasteiger partial charge in [-0.25, -0.2) is 0 Å². The minimum absolute atomic E-state index is 0.703. The molecule has 0 aliphatic rings. The summed E-state index contributed by atoms with van der Waals surface area (Å²) in [5.41, 5.74) is 2.95. The van der Waals surface area contributed by atoms with Gasteiger partial charge in [-0.2, -0.15) is 0 Å². The minimum Gasteiger partial charge on any atom is -0.361 e. The Morgan fingerprint density at radius 3 is 3.00 bits per heavy atom.